The van der Waals surface area contributed by atoms with Crippen LogP contribution in [-0.4, -0.2) is 5.97 Å². The number of rotatable bonds is 2. The predicted molar refractivity (Wildman–Crippen MR) is 81.4 cm³/mol. The van der Waals surface area contributed by atoms with Crippen LogP contribution in [0.4, 0.5) is 0 Å². The van der Waals surface area contributed by atoms with Gasteiger partial charge in [-0.05, 0) is 30.3 Å². The fourth-order valence-corrected chi connectivity index (χ4v) is 3.10. The molecule has 0 bridgehead atoms. The minimum Gasteiger partial charge on any atom is -0.423 e. The van der Waals surface area contributed by atoms with Gasteiger partial charge in [0, 0.05) is 26.2 Å². The lowest BCUT2D eigenvalue weighted by Gasteiger charge is -2.04. The molecule has 0 aliphatic heterocycles. The van der Waals surface area contributed by atoms with Gasteiger partial charge in [-0.3, -0.25) is 4.79 Å². The van der Waals surface area contributed by atoms with E-state index in [1.54, 1.807) is 18.2 Å². The number of benzene rings is 2. The summed E-state index contributed by atoms with van der Waals surface area (Å²) in [5, 5.41) is 1.34. The number of hydrogen-bond donors (Lipinski definition) is 0. The molecule has 3 aromatic rings. The zero-order chi connectivity index (χ0) is 14.1. The van der Waals surface area contributed by atoms with Crippen LogP contribution in [0, 0.1) is 0 Å². The van der Waals surface area contributed by atoms with Crippen LogP contribution in [0.15, 0.2) is 59.9 Å². The molecule has 0 radical (unpaired) electrons. The summed E-state index contributed by atoms with van der Waals surface area (Å²) in [5.41, 5.74) is -0.00375. The molecule has 0 amide bonds. The highest BCUT2D eigenvalue weighted by molar-refractivity contribution is 7.24. The number of ether oxygens (including phenoxy) is 1. The van der Waals surface area contributed by atoms with Crippen LogP contribution in [0.25, 0.3) is 20.2 Å². The Morgan fingerprint density at radius 2 is 1.85 bits per heavy atom. The van der Waals surface area contributed by atoms with E-state index in [4.69, 9.17) is 4.74 Å². The van der Waals surface area contributed by atoms with Gasteiger partial charge in [-0.2, -0.15) is 0 Å². The highest BCUT2D eigenvalue weighted by Gasteiger charge is 2.07. The summed E-state index contributed by atoms with van der Waals surface area (Å²) < 4.78 is 6.78. The van der Waals surface area contributed by atoms with Crippen LogP contribution in [0.5, 0.6) is 5.75 Å². The Morgan fingerprint density at radius 3 is 2.65 bits per heavy atom. The van der Waals surface area contributed by atoms with Crippen molar-refractivity contribution in [2.24, 2.45) is 0 Å². The normalized spacial score (nSPS) is 10.6. The Morgan fingerprint density at radius 1 is 1.10 bits per heavy atom. The summed E-state index contributed by atoms with van der Waals surface area (Å²) in [4.78, 5) is 23.6. The van der Waals surface area contributed by atoms with Crippen molar-refractivity contribution in [2.75, 3.05) is 0 Å². The molecule has 0 aliphatic rings. The Bertz CT molecular complexity index is 893. The first kappa shape index (κ1) is 12.6. The first-order chi connectivity index (χ1) is 9.69. The molecule has 98 valence electrons. The smallest absolute Gasteiger partial charge is 0.335 e. The van der Waals surface area contributed by atoms with Crippen molar-refractivity contribution in [1.82, 2.24) is 0 Å². The third kappa shape index (κ3) is 2.10. The molecular weight excluding hydrogens is 272 g/mol. The summed E-state index contributed by atoms with van der Waals surface area (Å²) in [6.07, 6.45) is 1.10. The summed E-state index contributed by atoms with van der Waals surface area (Å²) in [7, 11) is 0. The minimum absolute atomic E-state index is 0.00375. The standard InChI is InChI=1S/C16H10O3S/c1-2-15(17)19-10-7-8-12-14(9-10)20-13-6-4-3-5-11(13)16(12)18/h2-9H,1H2. The molecular formula is C16H10O3S. The van der Waals surface area contributed by atoms with Gasteiger partial charge >= 0.3 is 5.97 Å². The largest absolute Gasteiger partial charge is 0.423 e. The van der Waals surface area contributed by atoms with Crippen LogP contribution < -0.4 is 10.2 Å². The maximum Gasteiger partial charge on any atom is 0.335 e. The molecule has 3 rings (SSSR count). The molecule has 1 heterocycles. The molecule has 4 heteroatoms. The van der Waals surface area contributed by atoms with Crippen molar-refractivity contribution >= 4 is 37.5 Å². The summed E-state index contributed by atoms with van der Waals surface area (Å²) >= 11 is 1.50. The average Bonchev–Trinajstić information content (AvgIpc) is 2.47. The third-order valence-corrected chi connectivity index (χ3v) is 4.07. The summed E-state index contributed by atoms with van der Waals surface area (Å²) in [5.74, 6) is -0.106. The molecule has 2 aromatic carbocycles. The average molecular weight is 282 g/mol. The van der Waals surface area contributed by atoms with Crippen molar-refractivity contribution in [1.29, 1.82) is 0 Å². The van der Waals surface area contributed by atoms with Gasteiger partial charge in [0.25, 0.3) is 0 Å². The van der Waals surface area contributed by atoms with Crippen LogP contribution in [0.1, 0.15) is 0 Å². The molecule has 0 N–H and O–H groups in total. The maximum absolute atomic E-state index is 12.4. The van der Waals surface area contributed by atoms with Crippen molar-refractivity contribution in [3.8, 4) is 5.75 Å². The first-order valence-corrected chi connectivity index (χ1v) is 6.80. The van der Waals surface area contributed by atoms with Gasteiger partial charge in [0.05, 0.1) is 0 Å². The van der Waals surface area contributed by atoms with Gasteiger partial charge in [0.15, 0.2) is 5.43 Å². The Kier molecular flexibility index (Phi) is 3.08. The van der Waals surface area contributed by atoms with Crippen LogP contribution in [-0.2, 0) is 4.79 Å². The van der Waals surface area contributed by atoms with E-state index >= 15 is 0 Å². The highest BCUT2D eigenvalue weighted by Crippen LogP contribution is 2.27. The van der Waals surface area contributed by atoms with Gasteiger partial charge in [-0.25, -0.2) is 4.79 Å². The van der Waals surface area contributed by atoms with E-state index in [-0.39, 0.29) is 5.43 Å². The second-order valence-electron chi connectivity index (χ2n) is 4.21. The van der Waals surface area contributed by atoms with E-state index < -0.39 is 5.97 Å². The van der Waals surface area contributed by atoms with Gasteiger partial charge in [-0.15, -0.1) is 11.3 Å². The predicted octanol–water partition coefficient (Wildman–Crippen LogP) is 3.51. The Balaban J connectivity index is 2.24. The molecule has 0 saturated heterocycles. The van der Waals surface area contributed by atoms with Crippen LogP contribution in [0.2, 0.25) is 0 Å². The molecule has 0 atom stereocenters. The van der Waals surface area contributed by atoms with E-state index in [2.05, 4.69) is 6.58 Å². The fraction of sp³-hybridized carbons (Fsp3) is 0. The number of fused-ring (bicyclic) bond motifs is 2. The van der Waals surface area contributed by atoms with Gasteiger partial charge < -0.3 is 4.74 Å². The minimum atomic E-state index is -0.516. The van der Waals surface area contributed by atoms with Crippen molar-refractivity contribution in [2.45, 2.75) is 0 Å². The van der Waals surface area contributed by atoms with Crippen LogP contribution in [0.3, 0.4) is 0 Å². The molecule has 0 unspecified atom stereocenters. The Labute approximate surface area is 118 Å². The zero-order valence-corrected chi connectivity index (χ0v) is 11.3. The molecule has 0 aliphatic carbocycles. The van der Waals surface area contributed by atoms with Crippen LogP contribution >= 0.6 is 11.3 Å². The van der Waals surface area contributed by atoms with Crippen molar-refractivity contribution in [3.05, 3.63) is 65.3 Å². The van der Waals surface area contributed by atoms with E-state index in [0.717, 1.165) is 15.5 Å². The number of hydrogen-bond acceptors (Lipinski definition) is 4. The topological polar surface area (TPSA) is 43.4 Å². The maximum atomic E-state index is 12.4. The first-order valence-electron chi connectivity index (χ1n) is 5.99. The molecule has 3 nitrogen and oxygen atoms in total. The highest BCUT2D eigenvalue weighted by atomic mass is 32.1. The molecule has 20 heavy (non-hydrogen) atoms. The second kappa shape index (κ2) is 4.90. The van der Waals surface area contributed by atoms with E-state index in [1.165, 1.54) is 11.3 Å². The molecule has 0 fully saturated rings. The fourth-order valence-electron chi connectivity index (χ4n) is 2.00. The molecule has 0 spiro atoms. The monoisotopic (exact) mass is 282 g/mol. The second-order valence-corrected chi connectivity index (χ2v) is 5.29. The lowest BCUT2D eigenvalue weighted by Crippen LogP contribution is -2.04. The number of carbonyl (C=O) groups is 1. The quantitative estimate of drug-likeness (QED) is 0.313. The molecule has 1 aromatic heterocycles. The number of carbonyl (C=O) groups excluding carboxylic acids is 1. The third-order valence-electron chi connectivity index (χ3n) is 2.93. The van der Waals surface area contributed by atoms with E-state index in [0.29, 0.717) is 16.5 Å². The Hall–Kier alpha value is -2.46. The lowest BCUT2D eigenvalue weighted by molar-refractivity contribution is -0.128. The van der Waals surface area contributed by atoms with Gasteiger partial charge in [-0.1, -0.05) is 18.7 Å². The SMILES string of the molecule is C=CC(=O)Oc1ccc2c(=O)c3ccccc3sc2c1. The van der Waals surface area contributed by atoms with Crippen molar-refractivity contribution in [3.63, 3.8) is 0 Å². The van der Waals surface area contributed by atoms with Gasteiger partial charge in [0.1, 0.15) is 5.75 Å². The van der Waals surface area contributed by atoms with E-state index in [1.807, 2.05) is 24.3 Å². The number of esters is 1. The summed E-state index contributed by atoms with van der Waals surface area (Å²) in [6, 6.07) is 12.5. The molecule has 0 saturated carbocycles. The van der Waals surface area contributed by atoms with Crippen molar-refractivity contribution < 1.29 is 9.53 Å². The van der Waals surface area contributed by atoms with E-state index in [9.17, 15) is 9.59 Å². The zero-order valence-electron chi connectivity index (χ0n) is 10.5. The van der Waals surface area contributed by atoms with Gasteiger partial charge in [0.2, 0.25) is 0 Å². The lowest BCUT2D eigenvalue weighted by atomic mass is 10.2. The summed E-state index contributed by atoms with van der Waals surface area (Å²) in [6.45, 7) is 3.35.